The SMILES string of the molecule is O=C(O)C[C@H]1C[C@@H](Oc2ncc(-c3ccc(-c4nc5cc(F)c(F)cc5[nH]4)c(F)c3)cn2)C1. The van der Waals surface area contributed by atoms with E-state index in [1.165, 1.54) is 24.5 Å². The van der Waals surface area contributed by atoms with E-state index in [1.54, 1.807) is 6.07 Å². The van der Waals surface area contributed by atoms with Gasteiger partial charge >= 0.3 is 12.0 Å². The van der Waals surface area contributed by atoms with Crippen LogP contribution in [0.1, 0.15) is 19.3 Å². The number of nitrogens with one attached hydrogen (secondary N) is 1. The number of carboxylic acid groups (broad SMARTS) is 1. The van der Waals surface area contributed by atoms with E-state index in [0.717, 1.165) is 12.1 Å². The maximum absolute atomic E-state index is 14.8. The van der Waals surface area contributed by atoms with Crippen LogP contribution in [0.2, 0.25) is 0 Å². The van der Waals surface area contributed by atoms with Crippen LogP contribution in [0.4, 0.5) is 13.2 Å². The summed E-state index contributed by atoms with van der Waals surface area (Å²) in [6.07, 6.45) is 4.33. The van der Waals surface area contributed by atoms with Crippen LogP contribution in [-0.4, -0.2) is 37.1 Å². The van der Waals surface area contributed by atoms with E-state index in [0.29, 0.717) is 24.0 Å². The molecule has 1 fully saturated rings. The highest BCUT2D eigenvalue weighted by Crippen LogP contribution is 2.33. The number of ether oxygens (including phenoxy) is 1. The molecule has 7 nitrogen and oxygen atoms in total. The number of hydrogen-bond acceptors (Lipinski definition) is 5. The van der Waals surface area contributed by atoms with Crippen molar-refractivity contribution in [3.63, 3.8) is 0 Å². The van der Waals surface area contributed by atoms with Crippen molar-refractivity contribution in [2.75, 3.05) is 0 Å². The van der Waals surface area contributed by atoms with Gasteiger partial charge in [0.25, 0.3) is 0 Å². The molecule has 5 rings (SSSR count). The third-order valence-corrected chi connectivity index (χ3v) is 5.64. The van der Waals surface area contributed by atoms with E-state index in [4.69, 9.17) is 9.84 Å². The Morgan fingerprint density at radius 3 is 2.45 bits per heavy atom. The van der Waals surface area contributed by atoms with Crippen LogP contribution in [0.15, 0.2) is 42.7 Å². The fourth-order valence-corrected chi connectivity index (χ4v) is 3.88. The number of imidazole rings is 1. The number of H-pyrrole nitrogens is 1. The standard InChI is InChI=1S/C23H17F3N4O3/c24-16-6-12(1-2-15(16)22-29-19-7-17(25)18(26)8-20(19)30-22)13-9-27-23(28-10-13)33-14-3-11(4-14)5-21(31)32/h1-2,6-11,14H,3-5H2,(H,29,30)(H,31,32)/t11-,14+. The first-order valence-electron chi connectivity index (χ1n) is 10.2. The van der Waals surface area contributed by atoms with E-state index in [9.17, 15) is 18.0 Å². The van der Waals surface area contributed by atoms with Gasteiger partial charge in [0.1, 0.15) is 17.7 Å². The predicted octanol–water partition coefficient (Wildman–Crippen LogP) is 4.74. The maximum Gasteiger partial charge on any atom is 0.316 e. The summed E-state index contributed by atoms with van der Waals surface area (Å²) in [5.74, 6) is -3.18. The number of benzene rings is 2. The smallest absolute Gasteiger partial charge is 0.316 e. The zero-order valence-electron chi connectivity index (χ0n) is 17.1. The molecule has 1 aliphatic carbocycles. The van der Waals surface area contributed by atoms with Gasteiger partial charge in [-0.1, -0.05) is 6.07 Å². The van der Waals surface area contributed by atoms with Crippen LogP contribution >= 0.6 is 0 Å². The summed E-state index contributed by atoms with van der Waals surface area (Å²) in [6, 6.07) is 6.57. The molecule has 0 amide bonds. The Balaban J connectivity index is 1.30. The number of aromatic amines is 1. The number of carboxylic acids is 1. The van der Waals surface area contributed by atoms with E-state index in [2.05, 4.69) is 19.9 Å². The van der Waals surface area contributed by atoms with Gasteiger partial charge in [0.2, 0.25) is 0 Å². The molecule has 0 saturated heterocycles. The molecule has 0 spiro atoms. The summed E-state index contributed by atoms with van der Waals surface area (Å²) in [5, 5.41) is 8.79. The third-order valence-electron chi connectivity index (χ3n) is 5.64. The fraction of sp³-hybridized carbons (Fsp3) is 0.217. The average molecular weight is 454 g/mol. The lowest BCUT2D eigenvalue weighted by molar-refractivity contribution is -0.139. The number of rotatable bonds is 6. The van der Waals surface area contributed by atoms with Gasteiger partial charge in [-0.25, -0.2) is 28.1 Å². The second kappa shape index (κ2) is 8.19. The monoisotopic (exact) mass is 454 g/mol. The van der Waals surface area contributed by atoms with Crippen molar-refractivity contribution in [3.05, 3.63) is 60.2 Å². The Bertz CT molecular complexity index is 1310. The van der Waals surface area contributed by atoms with Gasteiger partial charge in [-0.15, -0.1) is 0 Å². The molecule has 0 aliphatic heterocycles. The molecule has 0 bridgehead atoms. The van der Waals surface area contributed by atoms with Crippen LogP contribution < -0.4 is 4.74 Å². The van der Waals surface area contributed by atoms with Crippen molar-refractivity contribution in [2.24, 2.45) is 5.92 Å². The number of aromatic nitrogens is 4. The van der Waals surface area contributed by atoms with Gasteiger partial charge in [-0.3, -0.25) is 4.79 Å². The Hall–Kier alpha value is -3.95. The van der Waals surface area contributed by atoms with Crippen LogP contribution in [0, 0.1) is 23.4 Å². The number of nitrogens with zero attached hydrogens (tertiary/aromatic N) is 3. The van der Waals surface area contributed by atoms with Gasteiger partial charge in [0, 0.05) is 36.5 Å². The lowest BCUT2D eigenvalue weighted by Gasteiger charge is -2.33. The van der Waals surface area contributed by atoms with Crippen LogP contribution in [0.25, 0.3) is 33.5 Å². The van der Waals surface area contributed by atoms with Crippen LogP contribution in [-0.2, 0) is 4.79 Å². The number of fused-ring (bicyclic) bond motifs is 1. The van der Waals surface area contributed by atoms with E-state index in [-0.39, 0.29) is 46.9 Å². The Morgan fingerprint density at radius 1 is 1.03 bits per heavy atom. The normalized spacial score (nSPS) is 17.7. The molecule has 2 heterocycles. The molecular formula is C23H17F3N4O3. The summed E-state index contributed by atoms with van der Waals surface area (Å²) in [6.45, 7) is 0. The molecule has 1 aliphatic rings. The maximum atomic E-state index is 14.8. The molecule has 33 heavy (non-hydrogen) atoms. The summed E-state index contributed by atoms with van der Waals surface area (Å²) >= 11 is 0. The first kappa shape index (κ1) is 20.9. The van der Waals surface area contributed by atoms with Crippen molar-refractivity contribution in [1.82, 2.24) is 19.9 Å². The molecular weight excluding hydrogens is 437 g/mol. The van der Waals surface area contributed by atoms with Crippen molar-refractivity contribution in [2.45, 2.75) is 25.4 Å². The molecule has 1 saturated carbocycles. The highest BCUT2D eigenvalue weighted by atomic mass is 19.2. The first-order valence-corrected chi connectivity index (χ1v) is 10.2. The van der Waals surface area contributed by atoms with Crippen molar-refractivity contribution >= 4 is 17.0 Å². The second-order valence-electron chi connectivity index (χ2n) is 7.99. The Kier molecular flexibility index (Phi) is 5.20. The van der Waals surface area contributed by atoms with Gasteiger partial charge in [-0.2, -0.15) is 0 Å². The highest BCUT2D eigenvalue weighted by Gasteiger charge is 2.32. The molecule has 10 heteroatoms. The van der Waals surface area contributed by atoms with Crippen molar-refractivity contribution in [1.29, 1.82) is 0 Å². The number of aliphatic carboxylic acids is 1. The molecule has 168 valence electrons. The van der Waals surface area contributed by atoms with Gasteiger partial charge in [0.05, 0.1) is 16.6 Å². The molecule has 0 unspecified atom stereocenters. The van der Waals surface area contributed by atoms with Gasteiger partial charge in [0.15, 0.2) is 11.6 Å². The zero-order valence-corrected chi connectivity index (χ0v) is 17.1. The summed E-state index contributed by atoms with van der Waals surface area (Å²) in [4.78, 5) is 26.0. The van der Waals surface area contributed by atoms with Crippen molar-refractivity contribution in [3.8, 4) is 28.5 Å². The Labute approximate surface area is 185 Å². The minimum Gasteiger partial charge on any atom is -0.481 e. The summed E-state index contributed by atoms with van der Waals surface area (Å²) in [7, 11) is 0. The third kappa shape index (κ3) is 4.23. The zero-order chi connectivity index (χ0) is 23.1. The van der Waals surface area contributed by atoms with Crippen LogP contribution in [0.5, 0.6) is 6.01 Å². The number of halogens is 3. The number of hydrogen-bond donors (Lipinski definition) is 2. The predicted molar refractivity (Wildman–Crippen MR) is 112 cm³/mol. The molecule has 0 radical (unpaired) electrons. The van der Waals surface area contributed by atoms with E-state index in [1.807, 2.05) is 0 Å². The second-order valence-corrected chi connectivity index (χ2v) is 7.99. The van der Waals surface area contributed by atoms with Crippen molar-refractivity contribution < 1.29 is 27.8 Å². The minimum absolute atomic E-state index is 0.109. The quantitative estimate of drug-likeness (QED) is 0.437. The lowest BCUT2D eigenvalue weighted by Crippen LogP contribution is -2.35. The molecule has 4 aromatic rings. The molecule has 2 aromatic heterocycles. The fourth-order valence-electron chi connectivity index (χ4n) is 3.88. The van der Waals surface area contributed by atoms with E-state index >= 15 is 0 Å². The molecule has 0 atom stereocenters. The molecule has 2 N–H and O–H groups in total. The van der Waals surface area contributed by atoms with E-state index < -0.39 is 23.4 Å². The largest absolute Gasteiger partial charge is 0.481 e. The Morgan fingerprint density at radius 2 is 1.76 bits per heavy atom. The topological polar surface area (TPSA) is 101 Å². The molecule has 2 aromatic carbocycles. The van der Waals surface area contributed by atoms with Gasteiger partial charge in [-0.05, 0) is 36.5 Å². The lowest BCUT2D eigenvalue weighted by atomic mass is 9.80. The van der Waals surface area contributed by atoms with Crippen LogP contribution in [0.3, 0.4) is 0 Å². The summed E-state index contributed by atoms with van der Waals surface area (Å²) in [5.41, 5.74) is 1.70. The summed E-state index contributed by atoms with van der Waals surface area (Å²) < 4.78 is 47.3. The average Bonchev–Trinajstić information content (AvgIpc) is 3.15. The first-order chi connectivity index (χ1) is 15.9. The number of carbonyl (C=O) groups is 1. The minimum atomic E-state index is -1.03. The highest BCUT2D eigenvalue weighted by molar-refractivity contribution is 5.80. The van der Waals surface area contributed by atoms with Gasteiger partial charge < -0.3 is 14.8 Å².